The van der Waals surface area contributed by atoms with Gasteiger partial charge in [0, 0.05) is 44.0 Å². The minimum atomic E-state index is -0.569. The second-order valence-corrected chi connectivity index (χ2v) is 6.25. The van der Waals surface area contributed by atoms with Crippen molar-refractivity contribution in [2.45, 2.75) is 6.92 Å². The Bertz CT molecular complexity index is 854. The van der Waals surface area contributed by atoms with Crippen LogP contribution >= 0.6 is 0 Å². The molecule has 10 heteroatoms. The van der Waals surface area contributed by atoms with Crippen LogP contribution in [0.3, 0.4) is 0 Å². The number of aryl methyl sites for hydroxylation is 1. The molecule has 10 nitrogen and oxygen atoms in total. The summed E-state index contributed by atoms with van der Waals surface area (Å²) >= 11 is 0. The second kappa shape index (κ2) is 9.09. The van der Waals surface area contributed by atoms with Crippen molar-refractivity contribution in [1.82, 2.24) is 15.3 Å². The standard InChI is InChI=1S/C18H22N6O4/c1-13-12-16(23-8-10-28-11-9-23)22-18(21-13)20-7-6-19-17(25)14-4-2-3-5-15(14)24(26)27/h2-5,12H,6-11H2,1H3,(H,19,25)(H,20,21,22). The Morgan fingerprint density at radius 3 is 2.75 bits per heavy atom. The molecule has 0 unspecified atom stereocenters. The molecule has 148 valence electrons. The predicted molar refractivity (Wildman–Crippen MR) is 104 cm³/mol. The molecule has 0 saturated carbocycles. The van der Waals surface area contributed by atoms with E-state index in [0.29, 0.717) is 25.7 Å². The van der Waals surface area contributed by atoms with E-state index in [-0.39, 0.29) is 17.8 Å². The molecule has 1 aromatic carbocycles. The molecule has 1 aliphatic heterocycles. The predicted octanol–water partition coefficient (Wildman–Crippen LogP) is 1.37. The van der Waals surface area contributed by atoms with Crippen molar-refractivity contribution in [3.63, 3.8) is 0 Å². The number of nitro benzene ring substituents is 1. The Hall–Kier alpha value is -3.27. The Morgan fingerprint density at radius 1 is 1.25 bits per heavy atom. The molecule has 2 aromatic rings. The van der Waals surface area contributed by atoms with Crippen molar-refractivity contribution < 1.29 is 14.5 Å². The van der Waals surface area contributed by atoms with E-state index in [1.54, 1.807) is 6.07 Å². The molecule has 0 aliphatic carbocycles. The Kier molecular flexibility index (Phi) is 6.33. The SMILES string of the molecule is Cc1cc(N2CCOCC2)nc(NCCNC(=O)c2ccccc2[N+](=O)[O-])n1. The van der Waals surface area contributed by atoms with E-state index in [1.165, 1.54) is 18.2 Å². The summed E-state index contributed by atoms with van der Waals surface area (Å²) in [5.41, 5.74) is 0.655. The average Bonchev–Trinajstić information content (AvgIpc) is 2.71. The molecule has 1 aliphatic rings. The third-order valence-electron chi connectivity index (χ3n) is 4.21. The summed E-state index contributed by atoms with van der Waals surface area (Å²) in [4.78, 5) is 33.7. The lowest BCUT2D eigenvalue weighted by Crippen LogP contribution is -2.37. The molecule has 2 heterocycles. The third kappa shape index (κ3) is 4.92. The molecular formula is C18H22N6O4. The van der Waals surface area contributed by atoms with Gasteiger partial charge in [-0.2, -0.15) is 4.98 Å². The lowest BCUT2D eigenvalue weighted by molar-refractivity contribution is -0.385. The molecule has 0 radical (unpaired) electrons. The molecular weight excluding hydrogens is 364 g/mol. The molecule has 3 rings (SSSR count). The number of amides is 1. The van der Waals surface area contributed by atoms with Crippen LogP contribution in [0.25, 0.3) is 0 Å². The lowest BCUT2D eigenvalue weighted by Gasteiger charge is -2.28. The normalized spacial score (nSPS) is 13.8. The first-order valence-electron chi connectivity index (χ1n) is 8.98. The molecule has 1 amide bonds. The van der Waals surface area contributed by atoms with Crippen molar-refractivity contribution in [2.24, 2.45) is 0 Å². The number of hydrogen-bond donors (Lipinski definition) is 2. The van der Waals surface area contributed by atoms with Crippen LogP contribution in [0.15, 0.2) is 30.3 Å². The van der Waals surface area contributed by atoms with Crippen LogP contribution in [-0.2, 0) is 4.74 Å². The van der Waals surface area contributed by atoms with Crippen molar-refractivity contribution in [1.29, 1.82) is 0 Å². The Morgan fingerprint density at radius 2 is 2.00 bits per heavy atom. The van der Waals surface area contributed by atoms with Crippen LogP contribution in [-0.4, -0.2) is 60.2 Å². The summed E-state index contributed by atoms with van der Waals surface area (Å²) in [7, 11) is 0. The van der Waals surface area contributed by atoms with E-state index in [2.05, 4.69) is 25.5 Å². The summed E-state index contributed by atoms with van der Waals surface area (Å²) in [6, 6.07) is 7.78. The van der Waals surface area contributed by atoms with Crippen LogP contribution in [0.1, 0.15) is 16.1 Å². The largest absolute Gasteiger partial charge is 0.378 e. The first-order valence-corrected chi connectivity index (χ1v) is 8.98. The molecule has 1 aromatic heterocycles. The van der Waals surface area contributed by atoms with Crippen LogP contribution in [0.5, 0.6) is 0 Å². The maximum absolute atomic E-state index is 12.2. The summed E-state index contributed by atoms with van der Waals surface area (Å²) in [6.07, 6.45) is 0. The summed E-state index contributed by atoms with van der Waals surface area (Å²) in [5.74, 6) is 0.817. The fraction of sp³-hybridized carbons (Fsp3) is 0.389. The maximum atomic E-state index is 12.2. The number of nitrogens with one attached hydrogen (secondary N) is 2. The van der Waals surface area contributed by atoms with E-state index in [0.717, 1.165) is 24.6 Å². The van der Waals surface area contributed by atoms with Gasteiger partial charge in [0.1, 0.15) is 11.4 Å². The summed E-state index contributed by atoms with van der Waals surface area (Å²) in [6.45, 7) is 5.46. The molecule has 2 N–H and O–H groups in total. The van der Waals surface area contributed by atoms with E-state index < -0.39 is 10.8 Å². The number of hydrogen-bond acceptors (Lipinski definition) is 8. The van der Waals surface area contributed by atoms with E-state index in [9.17, 15) is 14.9 Å². The number of rotatable bonds is 7. The van der Waals surface area contributed by atoms with E-state index >= 15 is 0 Å². The molecule has 0 atom stereocenters. The zero-order chi connectivity index (χ0) is 19.9. The first kappa shape index (κ1) is 19.5. The molecule has 0 spiro atoms. The Labute approximate surface area is 162 Å². The van der Waals surface area contributed by atoms with Gasteiger partial charge in [-0.3, -0.25) is 14.9 Å². The smallest absolute Gasteiger partial charge is 0.282 e. The fourth-order valence-electron chi connectivity index (χ4n) is 2.86. The monoisotopic (exact) mass is 386 g/mol. The minimum Gasteiger partial charge on any atom is -0.378 e. The van der Waals surface area contributed by atoms with Gasteiger partial charge >= 0.3 is 0 Å². The van der Waals surface area contributed by atoms with Crippen molar-refractivity contribution in [2.75, 3.05) is 49.6 Å². The highest BCUT2D eigenvalue weighted by Crippen LogP contribution is 2.17. The number of nitro groups is 1. The fourth-order valence-corrected chi connectivity index (χ4v) is 2.86. The number of anilines is 2. The van der Waals surface area contributed by atoms with Gasteiger partial charge in [0.05, 0.1) is 18.1 Å². The highest BCUT2D eigenvalue weighted by Gasteiger charge is 2.18. The van der Waals surface area contributed by atoms with Gasteiger partial charge in [0.25, 0.3) is 11.6 Å². The van der Waals surface area contributed by atoms with Gasteiger partial charge in [0.15, 0.2) is 0 Å². The van der Waals surface area contributed by atoms with Crippen LogP contribution < -0.4 is 15.5 Å². The number of para-hydroxylation sites is 1. The number of nitrogens with zero attached hydrogens (tertiary/aromatic N) is 4. The topological polar surface area (TPSA) is 123 Å². The average molecular weight is 386 g/mol. The molecule has 1 fully saturated rings. The molecule has 28 heavy (non-hydrogen) atoms. The van der Waals surface area contributed by atoms with Crippen molar-refractivity contribution in [3.8, 4) is 0 Å². The summed E-state index contributed by atoms with van der Waals surface area (Å²) < 4.78 is 5.36. The zero-order valence-corrected chi connectivity index (χ0v) is 15.6. The highest BCUT2D eigenvalue weighted by atomic mass is 16.6. The van der Waals surface area contributed by atoms with E-state index in [1.807, 2.05) is 13.0 Å². The van der Waals surface area contributed by atoms with Gasteiger partial charge in [-0.15, -0.1) is 0 Å². The van der Waals surface area contributed by atoms with Gasteiger partial charge in [-0.05, 0) is 13.0 Å². The number of ether oxygens (including phenoxy) is 1. The highest BCUT2D eigenvalue weighted by molar-refractivity contribution is 5.98. The first-order chi connectivity index (χ1) is 13.5. The lowest BCUT2D eigenvalue weighted by atomic mass is 10.1. The minimum absolute atomic E-state index is 0.0360. The van der Waals surface area contributed by atoms with Crippen molar-refractivity contribution in [3.05, 3.63) is 51.7 Å². The quantitative estimate of drug-likeness (QED) is 0.416. The van der Waals surface area contributed by atoms with Crippen LogP contribution in [0.2, 0.25) is 0 Å². The van der Waals surface area contributed by atoms with Crippen LogP contribution in [0.4, 0.5) is 17.5 Å². The van der Waals surface area contributed by atoms with E-state index in [4.69, 9.17) is 4.74 Å². The number of morpholine rings is 1. The van der Waals surface area contributed by atoms with Gasteiger partial charge < -0.3 is 20.3 Å². The molecule has 0 bridgehead atoms. The van der Waals surface area contributed by atoms with Gasteiger partial charge in [-0.1, -0.05) is 12.1 Å². The van der Waals surface area contributed by atoms with Gasteiger partial charge in [-0.25, -0.2) is 4.98 Å². The Balaban J connectivity index is 1.55. The number of benzene rings is 1. The second-order valence-electron chi connectivity index (χ2n) is 6.25. The van der Waals surface area contributed by atoms with Crippen LogP contribution in [0, 0.1) is 17.0 Å². The number of carbonyl (C=O) groups is 1. The third-order valence-corrected chi connectivity index (χ3v) is 4.21. The number of carbonyl (C=O) groups excluding carboxylic acids is 1. The maximum Gasteiger partial charge on any atom is 0.282 e. The molecule has 1 saturated heterocycles. The zero-order valence-electron chi connectivity index (χ0n) is 15.6. The van der Waals surface area contributed by atoms with Crippen molar-refractivity contribution >= 4 is 23.4 Å². The summed E-state index contributed by atoms with van der Waals surface area (Å²) in [5, 5.41) is 16.8. The number of aromatic nitrogens is 2. The van der Waals surface area contributed by atoms with Gasteiger partial charge in [0.2, 0.25) is 5.95 Å².